The molecule has 1 aliphatic heterocycles. The minimum absolute atomic E-state index is 0.290. The second kappa shape index (κ2) is 8.92. The number of benzene rings is 1. The molecule has 1 aromatic carbocycles. The molecular weight excluding hydrogens is 313 g/mol. The molecule has 1 aromatic rings. The fourth-order valence-corrected chi connectivity index (χ4v) is 2.65. The highest BCUT2D eigenvalue weighted by Gasteiger charge is 2.34. The Morgan fingerprint density at radius 2 is 2.12 bits per heavy atom. The molecule has 5 nitrogen and oxygen atoms in total. The van der Waals surface area contributed by atoms with Crippen LogP contribution in [0.2, 0.25) is 0 Å². The van der Waals surface area contributed by atoms with Crippen molar-refractivity contribution < 1.29 is 23.4 Å². The van der Waals surface area contributed by atoms with Crippen LogP contribution in [0.4, 0.5) is 4.39 Å². The van der Waals surface area contributed by atoms with Gasteiger partial charge in [-0.15, -0.1) is 6.58 Å². The quantitative estimate of drug-likeness (QED) is 0.657. The Hall–Kier alpha value is -1.76. The van der Waals surface area contributed by atoms with E-state index in [1.165, 1.54) is 12.1 Å². The zero-order valence-corrected chi connectivity index (χ0v) is 13.8. The molecule has 1 fully saturated rings. The van der Waals surface area contributed by atoms with Crippen LogP contribution in [-0.4, -0.2) is 43.5 Å². The second-order valence-electron chi connectivity index (χ2n) is 5.86. The Balaban J connectivity index is 2.18. The number of cyclic esters (lactones) is 1. The van der Waals surface area contributed by atoms with Crippen molar-refractivity contribution in [1.29, 1.82) is 0 Å². The summed E-state index contributed by atoms with van der Waals surface area (Å²) in [6, 6.07) is 5.51. The Bertz CT molecular complexity index is 548. The molecule has 1 heterocycles. The number of halogens is 1. The highest BCUT2D eigenvalue weighted by molar-refractivity contribution is 5.75. The first kappa shape index (κ1) is 18.6. The summed E-state index contributed by atoms with van der Waals surface area (Å²) in [5.74, 6) is -0.748. The highest BCUT2D eigenvalue weighted by atomic mass is 19.1. The maximum atomic E-state index is 13.1. The van der Waals surface area contributed by atoms with Crippen LogP contribution in [0.5, 0.6) is 0 Å². The maximum absolute atomic E-state index is 13.1. The van der Waals surface area contributed by atoms with Gasteiger partial charge in [-0.3, -0.25) is 4.79 Å². The highest BCUT2D eigenvalue weighted by Crippen LogP contribution is 2.20. The van der Waals surface area contributed by atoms with Gasteiger partial charge in [-0.1, -0.05) is 18.2 Å². The monoisotopic (exact) mass is 337 g/mol. The van der Waals surface area contributed by atoms with Crippen molar-refractivity contribution in [3.63, 3.8) is 0 Å². The van der Waals surface area contributed by atoms with E-state index in [0.29, 0.717) is 26.1 Å². The predicted octanol–water partition coefficient (Wildman–Crippen LogP) is 1.99. The van der Waals surface area contributed by atoms with Crippen LogP contribution in [-0.2, 0) is 25.4 Å². The molecule has 24 heavy (non-hydrogen) atoms. The number of carbonyl (C=O) groups excluding carboxylic acids is 1. The number of ether oxygens (including phenoxy) is 3. The summed E-state index contributed by atoms with van der Waals surface area (Å²) in [7, 11) is 0. The molecule has 132 valence electrons. The molecule has 1 aliphatic rings. The van der Waals surface area contributed by atoms with Crippen molar-refractivity contribution in [2.24, 2.45) is 5.73 Å². The van der Waals surface area contributed by atoms with E-state index in [1.807, 2.05) is 0 Å². The summed E-state index contributed by atoms with van der Waals surface area (Å²) in [5, 5.41) is 0. The van der Waals surface area contributed by atoms with Crippen molar-refractivity contribution in [2.45, 2.75) is 44.1 Å². The average Bonchev–Trinajstić information content (AvgIpc) is 2.60. The van der Waals surface area contributed by atoms with Gasteiger partial charge < -0.3 is 19.9 Å². The number of esters is 1. The van der Waals surface area contributed by atoms with Crippen molar-refractivity contribution in [3.05, 3.63) is 48.3 Å². The van der Waals surface area contributed by atoms with Crippen LogP contribution >= 0.6 is 0 Å². The van der Waals surface area contributed by atoms with Crippen LogP contribution < -0.4 is 5.73 Å². The van der Waals surface area contributed by atoms with Crippen LogP contribution in [0.3, 0.4) is 0 Å². The molecular formula is C18H24FNO4. The summed E-state index contributed by atoms with van der Waals surface area (Å²) in [5.41, 5.74) is 6.70. The van der Waals surface area contributed by atoms with E-state index in [2.05, 4.69) is 6.58 Å². The number of hydrogen-bond acceptors (Lipinski definition) is 5. The molecule has 0 spiro atoms. The molecule has 2 N–H and O–H groups in total. The second-order valence-corrected chi connectivity index (χ2v) is 5.86. The van der Waals surface area contributed by atoms with E-state index in [-0.39, 0.29) is 11.9 Å². The molecule has 0 radical (unpaired) electrons. The number of rotatable bonds is 5. The van der Waals surface area contributed by atoms with E-state index in [4.69, 9.17) is 19.9 Å². The van der Waals surface area contributed by atoms with E-state index in [9.17, 15) is 9.18 Å². The Morgan fingerprint density at radius 3 is 2.79 bits per heavy atom. The topological polar surface area (TPSA) is 70.8 Å². The smallest absolute Gasteiger partial charge is 0.323 e. The van der Waals surface area contributed by atoms with Gasteiger partial charge in [-0.25, -0.2) is 4.39 Å². The van der Waals surface area contributed by atoms with Crippen molar-refractivity contribution in [3.8, 4) is 0 Å². The van der Waals surface area contributed by atoms with Gasteiger partial charge in [0.2, 0.25) is 0 Å². The first-order valence-corrected chi connectivity index (χ1v) is 8.06. The van der Waals surface area contributed by atoms with Crippen molar-refractivity contribution >= 4 is 5.97 Å². The van der Waals surface area contributed by atoms with Gasteiger partial charge in [-0.05, 0) is 31.0 Å². The van der Waals surface area contributed by atoms with Gasteiger partial charge >= 0.3 is 5.97 Å². The lowest BCUT2D eigenvalue weighted by atomic mass is 10.0. The zero-order chi connectivity index (χ0) is 17.5. The van der Waals surface area contributed by atoms with Crippen LogP contribution in [0, 0.1) is 5.82 Å². The normalized spacial score (nSPS) is 28.4. The van der Waals surface area contributed by atoms with Gasteiger partial charge in [0.05, 0.1) is 12.7 Å². The molecule has 4 atom stereocenters. The fraction of sp³-hybridized carbons (Fsp3) is 0.500. The molecule has 0 bridgehead atoms. The summed E-state index contributed by atoms with van der Waals surface area (Å²) in [4.78, 5) is 11.9. The van der Waals surface area contributed by atoms with Crippen molar-refractivity contribution in [2.75, 3.05) is 13.2 Å². The molecule has 0 aromatic heterocycles. The van der Waals surface area contributed by atoms with Crippen LogP contribution in [0.1, 0.15) is 18.9 Å². The van der Waals surface area contributed by atoms with Crippen LogP contribution in [0.15, 0.2) is 36.9 Å². The SMILES string of the molecule is C=CCO[C@H]1[C@H](C)OC(=O)[C@@H](N)CCO[C@@H]1Cc1ccc(F)cc1. The lowest BCUT2D eigenvalue weighted by molar-refractivity contribution is -0.162. The van der Waals surface area contributed by atoms with Gasteiger partial charge in [0.25, 0.3) is 0 Å². The van der Waals surface area contributed by atoms with E-state index in [0.717, 1.165) is 5.56 Å². The molecule has 0 unspecified atom stereocenters. The lowest BCUT2D eigenvalue weighted by Gasteiger charge is -2.30. The summed E-state index contributed by atoms with van der Waals surface area (Å²) >= 11 is 0. The van der Waals surface area contributed by atoms with E-state index in [1.54, 1.807) is 25.1 Å². The lowest BCUT2D eigenvalue weighted by Crippen LogP contribution is -2.43. The third-order valence-electron chi connectivity index (χ3n) is 3.95. The summed E-state index contributed by atoms with van der Waals surface area (Å²) in [6.45, 7) is 6.03. The first-order valence-electron chi connectivity index (χ1n) is 8.06. The third kappa shape index (κ3) is 5.12. The van der Waals surface area contributed by atoms with Gasteiger partial charge in [0.1, 0.15) is 24.1 Å². The standard InChI is InChI=1S/C18H24FNO4/c1-3-9-23-17-12(2)24-18(21)15(20)8-10-22-16(17)11-13-4-6-14(19)7-5-13/h3-7,12,15-17H,1,8-11,20H2,2H3/t12-,15-,16+,17-/m0/s1. The van der Waals surface area contributed by atoms with Gasteiger partial charge in [0.15, 0.2) is 0 Å². The number of hydrogen-bond donors (Lipinski definition) is 1. The average molecular weight is 337 g/mol. The van der Waals surface area contributed by atoms with E-state index < -0.39 is 24.2 Å². The fourth-order valence-electron chi connectivity index (χ4n) is 2.65. The Morgan fingerprint density at radius 1 is 1.42 bits per heavy atom. The minimum atomic E-state index is -0.711. The molecule has 2 rings (SSSR count). The van der Waals surface area contributed by atoms with Crippen LogP contribution in [0.25, 0.3) is 0 Å². The number of carbonyl (C=O) groups is 1. The molecule has 1 saturated heterocycles. The molecule has 0 aliphatic carbocycles. The predicted molar refractivity (Wildman–Crippen MR) is 87.9 cm³/mol. The van der Waals surface area contributed by atoms with E-state index >= 15 is 0 Å². The largest absolute Gasteiger partial charge is 0.459 e. The summed E-state index contributed by atoms with van der Waals surface area (Å²) < 4.78 is 30.2. The molecule has 6 heteroatoms. The van der Waals surface area contributed by atoms with Gasteiger partial charge in [-0.2, -0.15) is 0 Å². The maximum Gasteiger partial charge on any atom is 0.323 e. The molecule has 0 amide bonds. The van der Waals surface area contributed by atoms with Crippen molar-refractivity contribution in [1.82, 2.24) is 0 Å². The molecule has 0 saturated carbocycles. The number of nitrogens with two attached hydrogens (primary N) is 1. The third-order valence-corrected chi connectivity index (χ3v) is 3.95. The Labute approximate surface area is 141 Å². The zero-order valence-electron chi connectivity index (χ0n) is 13.8. The Kier molecular flexibility index (Phi) is 6.90. The first-order chi connectivity index (χ1) is 11.5. The summed E-state index contributed by atoms with van der Waals surface area (Å²) in [6.07, 6.45) is 1.18. The van der Waals surface area contributed by atoms with Gasteiger partial charge in [0, 0.05) is 13.0 Å². The minimum Gasteiger partial charge on any atom is -0.459 e.